The first-order valence-corrected chi connectivity index (χ1v) is 5.55. The van der Waals surface area contributed by atoms with Gasteiger partial charge in [-0.1, -0.05) is 0 Å². The predicted octanol–water partition coefficient (Wildman–Crippen LogP) is 0.935. The SMILES string of the molecule is CC(NCc1ccn(C)n1)C1CCOC1. The second kappa shape index (κ2) is 4.77. The Labute approximate surface area is 90.6 Å². The molecule has 1 N–H and O–H groups in total. The monoisotopic (exact) mass is 209 g/mol. The number of hydrogen-bond donors (Lipinski definition) is 1. The number of aryl methyl sites for hydroxylation is 1. The Kier molecular flexibility index (Phi) is 3.38. The fourth-order valence-electron chi connectivity index (χ4n) is 1.94. The van der Waals surface area contributed by atoms with Crippen LogP contribution in [-0.4, -0.2) is 29.0 Å². The van der Waals surface area contributed by atoms with Crippen LogP contribution in [0.15, 0.2) is 12.3 Å². The van der Waals surface area contributed by atoms with E-state index in [1.54, 1.807) is 0 Å². The van der Waals surface area contributed by atoms with Crippen molar-refractivity contribution in [1.29, 1.82) is 0 Å². The first-order valence-electron chi connectivity index (χ1n) is 5.55. The first kappa shape index (κ1) is 10.6. The summed E-state index contributed by atoms with van der Waals surface area (Å²) in [7, 11) is 1.94. The minimum Gasteiger partial charge on any atom is -0.381 e. The van der Waals surface area contributed by atoms with Crippen LogP contribution in [0.2, 0.25) is 0 Å². The van der Waals surface area contributed by atoms with Crippen molar-refractivity contribution in [3.63, 3.8) is 0 Å². The van der Waals surface area contributed by atoms with Gasteiger partial charge in [-0.3, -0.25) is 4.68 Å². The predicted molar refractivity (Wildman–Crippen MR) is 58.4 cm³/mol. The molecular weight excluding hydrogens is 190 g/mol. The Morgan fingerprint density at radius 1 is 1.73 bits per heavy atom. The van der Waals surface area contributed by atoms with E-state index < -0.39 is 0 Å². The molecule has 0 bridgehead atoms. The highest BCUT2D eigenvalue weighted by atomic mass is 16.5. The summed E-state index contributed by atoms with van der Waals surface area (Å²) < 4.78 is 7.21. The summed E-state index contributed by atoms with van der Waals surface area (Å²) in [4.78, 5) is 0. The summed E-state index contributed by atoms with van der Waals surface area (Å²) in [6, 6.07) is 2.56. The summed E-state index contributed by atoms with van der Waals surface area (Å²) in [6.07, 6.45) is 3.15. The second-order valence-corrected chi connectivity index (χ2v) is 4.27. The van der Waals surface area contributed by atoms with Gasteiger partial charge in [0.25, 0.3) is 0 Å². The molecule has 1 aromatic rings. The van der Waals surface area contributed by atoms with E-state index in [1.807, 2.05) is 24.0 Å². The minimum absolute atomic E-state index is 0.509. The average Bonchev–Trinajstić information content (AvgIpc) is 2.84. The normalized spacial score (nSPS) is 23.2. The fraction of sp³-hybridized carbons (Fsp3) is 0.727. The van der Waals surface area contributed by atoms with Crippen LogP contribution >= 0.6 is 0 Å². The molecule has 1 saturated heterocycles. The van der Waals surface area contributed by atoms with Gasteiger partial charge in [-0.2, -0.15) is 5.10 Å². The maximum absolute atomic E-state index is 5.37. The van der Waals surface area contributed by atoms with Crippen LogP contribution in [0.3, 0.4) is 0 Å². The van der Waals surface area contributed by atoms with Gasteiger partial charge >= 0.3 is 0 Å². The van der Waals surface area contributed by atoms with Crippen LogP contribution in [-0.2, 0) is 18.3 Å². The molecule has 1 aromatic heterocycles. The maximum atomic E-state index is 5.37. The van der Waals surface area contributed by atoms with Crippen molar-refractivity contribution in [2.45, 2.75) is 25.9 Å². The molecule has 0 spiro atoms. The summed E-state index contributed by atoms with van der Waals surface area (Å²) in [5, 5.41) is 7.83. The maximum Gasteiger partial charge on any atom is 0.0762 e. The molecule has 84 valence electrons. The van der Waals surface area contributed by atoms with Gasteiger partial charge in [-0.05, 0) is 25.3 Å². The lowest BCUT2D eigenvalue weighted by atomic mass is 10.0. The van der Waals surface area contributed by atoms with Gasteiger partial charge in [0.15, 0.2) is 0 Å². The molecule has 0 aromatic carbocycles. The van der Waals surface area contributed by atoms with Crippen molar-refractivity contribution >= 4 is 0 Å². The van der Waals surface area contributed by atoms with Crippen LogP contribution in [0.25, 0.3) is 0 Å². The van der Waals surface area contributed by atoms with Crippen molar-refractivity contribution in [3.8, 4) is 0 Å². The van der Waals surface area contributed by atoms with Crippen LogP contribution in [0.4, 0.5) is 0 Å². The van der Waals surface area contributed by atoms with Crippen molar-refractivity contribution in [3.05, 3.63) is 18.0 Å². The van der Waals surface area contributed by atoms with E-state index in [0.29, 0.717) is 12.0 Å². The molecule has 1 aliphatic rings. The molecule has 2 rings (SSSR count). The van der Waals surface area contributed by atoms with Crippen molar-refractivity contribution in [1.82, 2.24) is 15.1 Å². The number of aromatic nitrogens is 2. The van der Waals surface area contributed by atoms with E-state index in [4.69, 9.17) is 4.74 Å². The standard InChI is InChI=1S/C11H19N3O/c1-9(10-4-6-15-8-10)12-7-11-3-5-14(2)13-11/h3,5,9-10,12H,4,6-8H2,1-2H3. The Morgan fingerprint density at radius 3 is 3.20 bits per heavy atom. The quantitative estimate of drug-likeness (QED) is 0.802. The first-order chi connectivity index (χ1) is 7.25. The van der Waals surface area contributed by atoms with Gasteiger partial charge in [0, 0.05) is 32.4 Å². The Morgan fingerprint density at radius 2 is 2.60 bits per heavy atom. The molecule has 1 fully saturated rings. The van der Waals surface area contributed by atoms with Gasteiger partial charge < -0.3 is 10.1 Å². The topological polar surface area (TPSA) is 39.1 Å². The molecule has 0 radical (unpaired) electrons. The van der Waals surface area contributed by atoms with Crippen LogP contribution in [0.1, 0.15) is 19.0 Å². The van der Waals surface area contributed by atoms with E-state index in [2.05, 4.69) is 17.3 Å². The molecule has 4 nitrogen and oxygen atoms in total. The third kappa shape index (κ3) is 2.79. The van der Waals surface area contributed by atoms with Crippen LogP contribution in [0.5, 0.6) is 0 Å². The lowest BCUT2D eigenvalue weighted by molar-refractivity contribution is 0.178. The third-order valence-corrected chi connectivity index (χ3v) is 3.05. The molecule has 0 amide bonds. The van der Waals surface area contributed by atoms with Crippen molar-refractivity contribution in [2.24, 2.45) is 13.0 Å². The molecule has 0 saturated carbocycles. The van der Waals surface area contributed by atoms with E-state index >= 15 is 0 Å². The summed E-state index contributed by atoms with van der Waals surface area (Å²) in [6.45, 7) is 4.89. The highest BCUT2D eigenvalue weighted by Gasteiger charge is 2.21. The lowest BCUT2D eigenvalue weighted by Crippen LogP contribution is -2.33. The Balaban J connectivity index is 1.77. The highest BCUT2D eigenvalue weighted by molar-refractivity contribution is 4.98. The highest BCUT2D eigenvalue weighted by Crippen LogP contribution is 2.16. The zero-order valence-electron chi connectivity index (χ0n) is 9.44. The number of nitrogens with one attached hydrogen (secondary N) is 1. The Hall–Kier alpha value is -0.870. The summed E-state index contributed by atoms with van der Waals surface area (Å²) in [5.41, 5.74) is 1.10. The van der Waals surface area contributed by atoms with E-state index in [9.17, 15) is 0 Å². The third-order valence-electron chi connectivity index (χ3n) is 3.05. The number of ether oxygens (including phenoxy) is 1. The van der Waals surface area contributed by atoms with Gasteiger partial charge in [0.2, 0.25) is 0 Å². The smallest absolute Gasteiger partial charge is 0.0762 e. The molecule has 2 unspecified atom stereocenters. The van der Waals surface area contributed by atoms with E-state index in [-0.39, 0.29) is 0 Å². The van der Waals surface area contributed by atoms with Gasteiger partial charge in [-0.15, -0.1) is 0 Å². The number of hydrogen-bond acceptors (Lipinski definition) is 3. The summed E-state index contributed by atoms with van der Waals surface area (Å²) >= 11 is 0. The largest absolute Gasteiger partial charge is 0.381 e. The van der Waals surface area contributed by atoms with E-state index in [0.717, 1.165) is 25.5 Å². The number of nitrogens with zero attached hydrogens (tertiary/aromatic N) is 2. The zero-order valence-corrected chi connectivity index (χ0v) is 9.44. The minimum atomic E-state index is 0.509. The molecule has 0 aliphatic carbocycles. The number of rotatable bonds is 4. The zero-order chi connectivity index (χ0) is 10.7. The van der Waals surface area contributed by atoms with Gasteiger partial charge in [-0.25, -0.2) is 0 Å². The Bertz CT molecular complexity index is 305. The lowest BCUT2D eigenvalue weighted by Gasteiger charge is -2.18. The summed E-state index contributed by atoms with van der Waals surface area (Å²) in [5.74, 6) is 0.661. The van der Waals surface area contributed by atoms with E-state index in [1.165, 1.54) is 6.42 Å². The molecule has 2 heterocycles. The average molecular weight is 209 g/mol. The second-order valence-electron chi connectivity index (χ2n) is 4.27. The molecule has 1 aliphatic heterocycles. The van der Waals surface area contributed by atoms with Gasteiger partial charge in [0.1, 0.15) is 0 Å². The molecule has 2 atom stereocenters. The molecule has 4 heteroatoms. The molecular formula is C11H19N3O. The molecule has 15 heavy (non-hydrogen) atoms. The van der Waals surface area contributed by atoms with Crippen molar-refractivity contribution < 1.29 is 4.74 Å². The fourth-order valence-corrected chi connectivity index (χ4v) is 1.94. The van der Waals surface area contributed by atoms with Crippen LogP contribution < -0.4 is 5.32 Å². The van der Waals surface area contributed by atoms with Crippen molar-refractivity contribution in [2.75, 3.05) is 13.2 Å². The van der Waals surface area contributed by atoms with Crippen LogP contribution in [0, 0.1) is 5.92 Å². The van der Waals surface area contributed by atoms with Gasteiger partial charge in [0.05, 0.1) is 12.3 Å².